The highest BCUT2D eigenvalue weighted by Crippen LogP contribution is 2.37. The van der Waals surface area contributed by atoms with E-state index < -0.39 is 0 Å². The van der Waals surface area contributed by atoms with Crippen LogP contribution in [0.5, 0.6) is 17.2 Å². The molecule has 4 aromatic rings. The summed E-state index contributed by atoms with van der Waals surface area (Å²) in [5, 5.41) is 4.06. The number of nitrogens with one attached hydrogen (secondary N) is 1. The molecule has 4 rings (SSSR count). The maximum atomic E-state index is 12.5. The molecule has 0 unspecified atom stereocenters. The Morgan fingerprint density at radius 1 is 1.03 bits per heavy atom. The second-order valence-corrected chi connectivity index (χ2v) is 9.34. The summed E-state index contributed by atoms with van der Waals surface area (Å²) in [6.07, 6.45) is 1.52. The van der Waals surface area contributed by atoms with Crippen LogP contribution in [0, 0.1) is 0 Å². The zero-order valence-electron chi connectivity index (χ0n) is 18.9. The van der Waals surface area contributed by atoms with Gasteiger partial charge in [-0.1, -0.05) is 36.0 Å². The van der Waals surface area contributed by atoms with Crippen molar-refractivity contribution in [3.05, 3.63) is 77.4 Å². The first-order valence-corrected chi connectivity index (χ1v) is 12.1. The number of carbonyl (C=O) groups is 1. The zero-order chi connectivity index (χ0) is 23.9. The molecule has 0 spiro atoms. The largest absolute Gasteiger partial charge is 0.493 e. The number of hydrazone groups is 1. The number of rotatable bonds is 9. The Hall–Kier alpha value is -3.56. The highest BCUT2D eigenvalue weighted by atomic mass is 32.2. The quantitative estimate of drug-likeness (QED) is 0.192. The summed E-state index contributed by atoms with van der Waals surface area (Å²) in [6.45, 7) is 0. The summed E-state index contributed by atoms with van der Waals surface area (Å²) in [5.74, 6) is 1.99. The van der Waals surface area contributed by atoms with E-state index in [9.17, 15) is 4.79 Å². The average Bonchev–Trinajstić information content (AvgIpc) is 3.30. The molecule has 0 aliphatic carbocycles. The number of para-hydroxylation sites is 1. The van der Waals surface area contributed by atoms with Gasteiger partial charge in [-0.3, -0.25) is 4.79 Å². The third-order valence-electron chi connectivity index (χ3n) is 4.92. The molecular weight excluding hydrogens is 470 g/mol. The molecule has 0 fully saturated rings. The second kappa shape index (κ2) is 11.0. The molecule has 0 aliphatic rings. The van der Waals surface area contributed by atoms with Gasteiger partial charge >= 0.3 is 0 Å². The van der Waals surface area contributed by atoms with Crippen molar-refractivity contribution in [2.45, 2.75) is 10.1 Å². The van der Waals surface area contributed by atoms with E-state index in [0.717, 1.165) is 21.2 Å². The molecule has 9 heteroatoms. The molecule has 0 saturated carbocycles. The maximum Gasteiger partial charge on any atom is 0.271 e. The van der Waals surface area contributed by atoms with Crippen LogP contribution in [0.15, 0.2) is 70.1 Å². The fourth-order valence-electron chi connectivity index (χ4n) is 3.22. The lowest BCUT2D eigenvalue weighted by Gasteiger charge is -2.12. The molecule has 0 radical (unpaired) electrons. The molecule has 1 heterocycles. The van der Waals surface area contributed by atoms with Crippen molar-refractivity contribution in [1.29, 1.82) is 0 Å². The lowest BCUT2D eigenvalue weighted by molar-refractivity contribution is 0.0955. The molecule has 0 bridgehead atoms. The molecule has 3 aromatic carbocycles. The number of nitrogens with zero attached hydrogens (tertiary/aromatic N) is 2. The van der Waals surface area contributed by atoms with Gasteiger partial charge in [0.2, 0.25) is 5.75 Å². The minimum atomic E-state index is -0.297. The molecule has 174 valence electrons. The lowest BCUT2D eigenvalue weighted by atomic mass is 10.1. The molecular formula is C25H23N3O4S2. The summed E-state index contributed by atoms with van der Waals surface area (Å²) in [6, 6.07) is 19.1. The molecule has 7 nitrogen and oxygen atoms in total. The number of fused-ring (bicyclic) bond motifs is 1. The number of aromatic nitrogens is 1. The van der Waals surface area contributed by atoms with Crippen molar-refractivity contribution in [2.24, 2.45) is 5.10 Å². The van der Waals surface area contributed by atoms with Gasteiger partial charge in [-0.25, -0.2) is 10.4 Å². The van der Waals surface area contributed by atoms with E-state index in [1.807, 2.05) is 30.3 Å². The highest BCUT2D eigenvalue weighted by molar-refractivity contribution is 8.00. The number of thioether (sulfide) groups is 1. The van der Waals surface area contributed by atoms with Crippen LogP contribution in [0.1, 0.15) is 21.5 Å². The van der Waals surface area contributed by atoms with Crippen molar-refractivity contribution < 1.29 is 19.0 Å². The zero-order valence-corrected chi connectivity index (χ0v) is 20.5. The third kappa shape index (κ3) is 5.49. The van der Waals surface area contributed by atoms with Crippen LogP contribution in [0.2, 0.25) is 0 Å². The number of thiazole rings is 1. The summed E-state index contributed by atoms with van der Waals surface area (Å²) in [5.41, 5.74) is 5.90. The molecule has 1 amide bonds. The predicted octanol–water partition coefficient (Wildman–Crippen LogP) is 5.38. The molecule has 0 atom stereocenters. The van der Waals surface area contributed by atoms with Gasteiger partial charge in [-0.15, -0.1) is 11.3 Å². The predicted molar refractivity (Wildman–Crippen MR) is 137 cm³/mol. The molecule has 0 saturated heterocycles. The monoisotopic (exact) mass is 493 g/mol. The van der Waals surface area contributed by atoms with Crippen LogP contribution in [-0.2, 0) is 5.75 Å². The van der Waals surface area contributed by atoms with E-state index in [2.05, 4.69) is 21.6 Å². The maximum absolute atomic E-state index is 12.5. The summed E-state index contributed by atoms with van der Waals surface area (Å²) < 4.78 is 18.2. The van der Waals surface area contributed by atoms with E-state index >= 15 is 0 Å². The van der Waals surface area contributed by atoms with Crippen molar-refractivity contribution >= 4 is 45.4 Å². The van der Waals surface area contributed by atoms with Gasteiger partial charge in [0, 0.05) is 16.9 Å². The van der Waals surface area contributed by atoms with Crippen LogP contribution in [0.25, 0.3) is 10.2 Å². The normalized spacial score (nSPS) is 11.0. The summed E-state index contributed by atoms with van der Waals surface area (Å²) in [7, 11) is 4.63. The number of amides is 1. The summed E-state index contributed by atoms with van der Waals surface area (Å²) >= 11 is 3.37. The number of methoxy groups -OCH3 is 3. The van der Waals surface area contributed by atoms with Gasteiger partial charge in [0.1, 0.15) is 0 Å². The minimum Gasteiger partial charge on any atom is -0.493 e. The van der Waals surface area contributed by atoms with Gasteiger partial charge in [0.15, 0.2) is 15.8 Å². The topological polar surface area (TPSA) is 82.0 Å². The number of carbonyl (C=O) groups excluding carboxylic acids is 1. The van der Waals surface area contributed by atoms with E-state index in [4.69, 9.17) is 14.2 Å². The Morgan fingerprint density at radius 2 is 1.74 bits per heavy atom. The number of hydrogen-bond donors (Lipinski definition) is 1. The van der Waals surface area contributed by atoms with Gasteiger partial charge in [0.05, 0.1) is 37.8 Å². The van der Waals surface area contributed by atoms with Crippen LogP contribution < -0.4 is 19.6 Å². The first-order valence-electron chi connectivity index (χ1n) is 10.3. The van der Waals surface area contributed by atoms with E-state index in [1.165, 1.54) is 10.9 Å². The van der Waals surface area contributed by atoms with Crippen LogP contribution in [0.3, 0.4) is 0 Å². The van der Waals surface area contributed by atoms with Crippen molar-refractivity contribution in [3.8, 4) is 17.2 Å². The number of hydrogen-bond acceptors (Lipinski definition) is 8. The van der Waals surface area contributed by atoms with Crippen LogP contribution in [-0.4, -0.2) is 38.4 Å². The van der Waals surface area contributed by atoms with Gasteiger partial charge in [0.25, 0.3) is 5.91 Å². The SMILES string of the molecule is COc1cc(/C=N\NC(=O)c2ccc(CSc3nc4ccccc4s3)cc2)cc(OC)c1OC. The Labute approximate surface area is 205 Å². The Balaban J connectivity index is 1.35. The van der Waals surface area contributed by atoms with Crippen molar-refractivity contribution in [3.63, 3.8) is 0 Å². The van der Waals surface area contributed by atoms with Crippen LogP contribution in [0.4, 0.5) is 0 Å². The second-order valence-electron chi connectivity index (χ2n) is 7.09. The van der Waals surface area contributed by atoms with Gasteiger partial charge < -0.3 is 14.2 Å². The molecule has 0 aliphatic heterocycles. The third-order valence-corrected chi connectivity index (χ3v) is 7.17. The lowest BCUT2D eigenvalue weighted by Crippen LogP contribution is -2.17. The smallest absolute Gasteiger partial charge is 0.271 e. The standard InChI is InChI=1S/C25H23N3O4S2/c1-30-20-12-17(13-21(31-2)23(20)32-3)14-26-28-24(29)18-10-8-16(9-11-18)15-33-25-27-19-6-4-5-7-22(19)34-25/h4-14H,15H2,1-3H3,(H,28,29)/b26-14-. The molecule has 1 N–H and O–H groups in total. The average molecular weight is 494 g/mol. The highest BCUT2D eigenvalue weighted by Gasteiger charge is 2.12. The van der Waals surface area contributed by atoms with Gasteiger partial charge in [-0.2, -0.15) is 5.10 Å². The van der Waals surface area contributed by atoms with Crippen LogP contribution >= 0.6 is 23.1 Å². The fourth-order valence-corrected chi connectivity index (χ4v) is 5.24. The molecule has 34 heavy (non-hydrogen) atoms. The Kier molecular flexibility index (Phi) is 7.66. The number of ether oxygens (including phenoxy) is 3. The van der Waals surface area contributed by atoms with E-state index in [-0.39, 0.29) is 5.91 Å². The van der Waals surface area contributed by atoms with Crippen molar-refractivity contribution in [1.82, 2.24) is 10.4 Å². The molecule has 1 aromatic heterocycles. The Morgan fingerprint density at radius 3 is 2.38 bits per heavy atom. The minimum absolute atomic E-state index is 0.297. The first-order chi connectivity index (χ1) is 16.6. The Bertz CT molecular complexity index is 1260. The van der Waals surface area contributed by atoms with Gasteiger partial charge in [-0.05, 0) is 42.0 Å². The van der Waals surface area contributed by atoms with E-state index in [1.54, 1.807) is 68.7 Å². The van der Waals surface area contributed by atoms with E-state index in [0.29, 0.717) is 28.4 Å². The first kappa shape index (κ1) is 23.6. The number of benzene rings is 3. The fraction of sp³-hybridized carbons (Fsp3) is 0.160. The van der Waals surface area contributed by atoms with Crippen molar-refractivity contribution in [2.75, 3.05) is 21.3 Å². The summed E-state index contributed by atoms with van der Waals surface area (Å²) in [4.78, 5) is 17.1.